The van der Waals surface area contributed by atoms with Crippen molar-refractivity contribution in [3.8, 4) is 5.75 Å². The molecule has 20 heavy (non-hydrogen) atoms. The molecular weight excluding hydrogens is 254 g/mol. The quantitative estimate of drug-likeness (QED) is 0.783. The van der Waals surface area contributed by atoms with Gasteiger partial charge in [0.2, 0.25) is 5.95 Å². The van der Waals surface area contributed by atoms with E-state index in [0.29, 0.717) is 11.8 Å². The van der Waals surface area contributed by atoms with Gasteiger partial charge in [0.1, 0.15) is 11.6 Å². The number of nitrogens with one attached hydrogen (secondary N) is 2. The van der Waals surface area contributed by atoms with E-state index in [4.69, 9.17) is 10.5 Å². The van der Waals surface area contributed by atoms with Crippen LogP contribution in [0.3, 0.4) is 0 Å². The van der Waals surface area contributed by atoms with Crippen LogP contribution in [0, 0.1) is 0 Å². The van der Waals surface area contributed by atoms with Gasteiger partial charge in [0.05, 0.1) is 12.8 Å². The SMILES string of the molecule is COc1cccc(Nc2nc(N)c3c(n2)CNCC3)c1. The molecule has 0 fully saturated rings. The van der Waals surface area contributed by atoms with Gasteiger partial charge in [-0.3, -0.25) is 0 Å². The number of nitrogens with zero attached hydrogens (tertiary/aromatic N) is 2. The largest absolute Gasteiger partial charge is 0.497 e. The van der Waals surface area contributed by atoms with Crippen LogP contribution in [0.1, 0.15) is 11.3 Å². The van der Waals surface area contributed by atoms with Crippen LogP contribution in [0.15, 0.2) is 24.3 Å². The smallest absolute Gasteiger partial charge is 0.229 e. The first kappa shape index (κ1) is 12.7. The maximum absolute atomic E-state index is 6.01. The molecule has 1 aromatic carbocycles. The molecule has 2 aromatic rings. The average molecular weight is 271 g/mol. The van der Waals surface area contributed by atoms with Crippen LogP contribution in [0.4, 0.5) is 17.5 Å². The number of hydrogen-bond donors (Lipinski definition) is 3. The summed E-state index contributed by atoms with van der Waals surface area (Å²) in [7, 11) is 1.64. The number of fused-ring (bicyclic) bond motifs is 1. The molecule has 6 heteroatoms. The van der Waals surface area contributed by atoms with E-state index in [2.05, 4.69) is 20.6 Å². The van der Waals surface area contributed by atoms with E-state index in [1.54, 1.807) is 7.11 Å². The van der Waals surface area contributed by atoms with Gasteiger partial charge in [-0.15, -0.1) is 0 Å². The van der Waals surface area contributed by atoms with Gasteiger partial charge >= 0.3 is 0 Å². The lowest BCUT2D eigenvalue weighted by molar-refractivity contribution is 0.415. The fourth-order valence-electron chi connectivity index (χ4n) is 2.27. The first-order chi connectivity index (χ1) is 9.76. The van der Waals surface area contributed by atoms with Crippen molar-refractivity contribution in [3.63, 3.8) is 0 Å². The molecule has 1 aromatic heterocycles. The third kappa shape index (κ3) is 2.50. The topological polar surface area (TPSA) is 85.1 Å². The zero-order valence-corrected chi connectivity index (χ0v) is 11.3. The predicted molar refractivity (Wildman–Crippen MR) is 78.1 cm³/mol. The van der Waals surface area contributed by atoms with Crippen molar-refractivity contribution >= 4 is 17.5 Å². The van der Waals surface area contributed by atoms with Crippen LogP contribution in [0.25, 0.3) is 0 Å². The first-order valence-electron chi connectivity index (χ1n) is 6.53. The van der Waals surface area contributed by atoms with E-state index >= 15 is 0 Å². The minimum absolute atomic E-state index is 0.512. The summed E-state index contributed by atoms with van der Waals surface area (Å²) in [5, 5.41) is 6.44. The molecule has 104 valence electrons. The monoisotopic (exact) mass is 271 g/mol. The van der Waals surface area contributed by atoms with Gasteiger partial charge in [-0.1, -0.05) is 6.07 Å². The van der Waals surface area contributed by atoms with Gasteiger partial charge < -0.3 is 21.1 Å². The maximum atomic E-state index is 6.01. The molecular formula is C14H17N5O. The fraction of sp³-hybridized carbons (Fsp3) is 0.286. The second-order valence-electron chi connectivity index (χ2n) is 4.64. The van der Waals surface area contributed by atoms with Crippen LogP contribution in [-0.4, -0.2) is 23.6 Å². The molecule has 0 amide bonds. The van der Waals surface area contributed by atoms with Gasteiger partial charge in [-0.05, 0) is 25.1 Å². The second-order valence-corrected chi connectivity index (χ2v) is 4.64. The van der Waals surface area contributed by atoms with Crippen LogP contribution in [-0.2, 0) is 13.0 Å². The molecule has 0 spiro atoms. The zero-order valence-electron chi connectivity index (χ0n) is 11.3. The Hall–Kier alpha value is -2.34. The average Bonchev–Trinajstić information content (AvgIpc) is 2.47. The highest BCUT2D eigenvalue weighted by Crippen LogP contribution is 2.23. The lowest BCUT2D eigenvalue weighted by Crippen LogP contribution is -2.26. The summed E-state index contributed by atoms with van der Waals surface area (Å²) in [5.41, 5.74) is 8.90. The Bertz CT molecular complexity index is 629. The third-order valence-electron chi connectivity index (χ3n) is 3.29. The Morgan fingerprint density at radius 2 is 2.25 bits per heavy atom. The number of nitrogens with two attached hydrogens (primary N) is 1. The molecule has 0 bridgehead atoms. The minimum atomic E-state index is 0.512. The van der Waals surface area contributed by atoms with Crippen LogP contribution in [0.5, 0.6) is 5.75 Å². The van der Waals surface area contributed by atoms with Crippen molar-refractivity contribution < 1.29 is 4.74 Å². The van der Waals surface area contributed by atoms with Crippen LogP contribution in [0.2, 0.25) is 0 Å². The minimum Gasteiger partial charge on any atom is -0.497 e. The molecule has 6 nitrogen and oxygen atoms in total. The highest BCUT2D eigenvalue weighted by atomic mass is 16.5. The first-order valence-corrected chi connectivity index (χ1v) is 6.53. The fourth-order valence-corrected chi connectivity index (χ4v) is 2.27. The van der Waals surface area contributed by atoms with E-state index in [-0.39, 0.29) is 0 Å². The normalized spacial score (nSPS) is 13.7. The number of nitrogen functional groups attached to an aromatic ring is 1. The molecule has 4 N–H and O–H groups in total. The molecule has 1 aliphatic rings. The number of ether oxygens (including phenoxy) is 1. The maximum Gasteiger partial charge on any atom is 0.229 e. The van der Waals surface area contributed by atoms with E-state index in [1.807, 2.05) is 24.3 Å². The van der Waals surface area contributed by atoms with Gasteiger partial charge in [-0.2, -0.15) is 4.98 Å². The van der Waals surface area contributed by atoms with Gasteiger partial charge in [0.25, 0.3) is 0 Å². The summed E-state index contributed by atoms with van der Waals surface area (Å²) in [6.45, 7) is 1.65. The molecule has 2 heterocycles. The summed E-state index contributed by atoms with van der Waals surface area (Å²) in [5.74, 6) is 1.85. The van der Waals surface area contributed by atoms with Crippen LogP contribution < -0.4 is 21.1 Å². The summed E-state index contributed by atoms with van der Waals surface area (Å²) in [6.07, 6.45) is 0.876. The van der Waals surface area contributed by atoms with Gasteiger partial charge in [0.15, 0.2) is 0 Å². The third-order valence-corrected chi connectivity index (χ3v) is 3.29. The van der Waals surface area contributed by atoms with Gasteiger partial charge in [0, 0.05) is 23.9 Å². The van der Waals surface area contributed by atoms with Crippen molar-refractivity contribution in [1.29, 1.82) is 0 Å². The van der Waals surface area contributed by atoms with Crippen molar-refractivity contribution in [2.75, 3.05) is 24.7 Å². The lowest BCUT2D eigenvalue weighted by Gasteiger charge is -2.18. The Labute approximate surface area is 117 Å². The lowest BCUT2D eigenvalue weighted by atomic mass is 10.1. The standard InChI is InChI=1S/C14H17N5O/c1-20-10-4-2-3-9(7-10)17-14-18-12-8-16-6-5-11(12)13(15)19-14/h2-4,7,16H,5-6,8H2,1H3,(H3,15,17,18,19). The molecule has 0 saturated heterocycles. The predicted octanol–water partition coefficient (Wildman–Crippen LogP) is 1.46. The van der Waals surface area contributed by atoms with E-state index in [9.17, 15) is 0 Å². The number of aromatic nitrogens is 2. The summed E-state index contributed by atoms with van der Waals surface area (Å²) >= 11 is 0. The Morgan fingerprint density at radius 1 is 1.35 bits per heavy atom. The number of hydrogen-bond acceptors (Lipinski definition) is 6. The molecule has 1 aliphatic heterocycles. The Kier molecular flexibility index (Phi) is 3.39. The van der Waals surface area contributed by atoms with Crippen molar-refractivity contribution in [2.45, 2.75) is 13.0 Å². The van der Waals surface area contributed by atoms with Gasteiger partial charge in [-0.25, -0.2) is 4.98 Å². The number of methoxy groups -OCH3 is 1. The molecule has 0 atom stereocenters. The summed E-state index contributed by atoms with van der Waals surface area (Å²) in [6, 6.07) is 7.61. The zero-order chi connectivity index (χ0) is 13.9. The van der Waals surface area contributed by atoms with Crippen LogP contribution >= 0.6 is 0 Å². The van der Waals surface area contributed by atoms with Crippen molar-refractivity contribution in [3.05, 3.63) is 35.5 Å². The molecule has 0 unspecified atom stereocenters. The second kappa shape index (κ2) is 5.34. The van der Waals surface area contributed by atoms with E-state index in [1.165, 1.54) is 0 Å². The molecule has 3 rings (SSSR count). The van der Waals surface area contributed by atoms with E-state index < -0.39 is 0 Å². The van der Waals surface area contributed by atoms with Crippen molar-refractivity contribution in [1.82, 2.24) is 15.3 Å². The highest BCUT2D eigenvalue weighted by molar-refractivity contribution is 5.58. The summed E-state index contributed by atoms with van der Waals surface area (Å²) < 4.78 is 5.19. The molecule has 0 radical (unpaired) electrons. The number of benzene rings is 1. The molecule has 0 saturated carbocycles. The number of rotatable bonds is 3. The molecule has 0 aliphatic carbocycles. The van der Waals surface area contributed by atoms with Crippen molar-refractivity contribution in [2.24, 2.45) is 0 Å². The number of anilines is 3. The van der Waals surface area contributed by atoms with E-state index in [0.717, 1.165) is 42.2 Å². The highest BCUT2D eigenvalue weighted by Gasteiger charge is 2.15. The Morgan fingerprint density at radius 3 is 3.10 bits per heavy atom. The Balaban J connectivity index is 1.89. The summed E-state index contributed by atoms with van der Waals surface area (Å²) in [4.78, 5) is 8.84.